The normalized spacial score (nSPS) is 11.4. The number of hydrogen-bond donors (Lipinski definition) is 1. The Morgan fingerprint density at radius 2 is 1.83 bits per heavy atom. The minimum Gasteiger partial charge on any atom is -0.297 e. The number of hydrogen-bond acceptors (Lipinski definition) is 6. The number of carbonyl (C=O) groups is 1. The summed E-state index contributed by atoms with van der Waals surface area (Å²) >= 11 is 2.66. The van der Waals surface area contributed by atoms with Crippen molar-refractivity contribution in [1.82, 2.24) is 10.2 Å². The molecular weight excluding hydrogens is 433 g/mol. The van der Waals surface area contributed by atoms with Gasteiger partial charge in [-0.25, -0.2) is 0 Å². The average Bonchev–Trinajstić information content (AvgIpc) is 3.18. The molecule has 10 heteroatoms. The second kappa shape index (κ2) is 9.56. The van der Waals surface area contributed by atoms with E-state index in [1.54, 1.807) is 12.1 Å². The summed E-state index contributed by atoms with van der Waals surface area (Å²) in [5, 5.41) is 19.6. The van der Waals surface area contributed by atoms with E-state index in [1.807, 2.05) is 12.1 Å². The van der Waals surface area contributed by atoms with Crippen LogP contribution in [0.15, 0.2) is 58.9 Å². The van der Waals surface area contributed by atoms with Gasteiger partial charge in [-0.15, -0.1) is 10.2 Å². The molecule has 0 radical (unpaired) electrons. The molecule has 1 heterocycles. The van der Waals surface area contributed by atoms with Crippen LogP contribution in [0.1, 0.15) is 22.3 Å². The van der Waals surface area contributed by atoms with E-state index in [1.165, 1.54) is 47.4 Å². The van der Waals surface area contributed by atoms with E-state index >= 15 is 0 Å². The van der Waals surface area contributed by atoms with E-state index < -0.39 is 17.6 Å². The Labute approximate surface area is 178 Å². The summed E-state index contributed by atoms with van der Waals surface area (Å²) in [5.74, 6) is 0.178. The van der Waals surface area contributed by atoms with Gasteiger partial charge in [0.1, 0.15) is 0 Å². The molecule has 0 aliphatic carbocycles. The van der Waals surface area contributed by atoms with Gasteiger partial charge in [0.2, 0.25) is 11.0 Å². The van der Waals surface area contributed by atoms with Gasteiger partial charge in [-0.1, -0.05) is 47.4 Å². The molecule has 0 saturated heterocycles. The second-order valence-electron chi connectivity index (χ2n) is 5.91. The fourth-order valence-electron chi connectivity index (χ4n) is 2.24. The van der Waals surface area contributed by atoms with Crippen molar-refractivity contribution in [3.63, 3.8) is 0 Å². The van der Waals surface area contributed by atoms with Gasteiger partial charge in [0.15, 0.2) is 4.34 Å². The number of anilines is 1. The summed E-state index contributed by atoms with van der Waals surface area (Å²) in [5.41, 5.74) is 1.34. The van der Waals surface area contributed by atoms with E-state index in [-0.39, 0.29) is 0 Å². The van der Waals surface area contributed by atoms with Crippen LogP contribution in [0.3, 0.4) is 0 Å². The summed E-state index contributed by atoms with van der Waals surface area (Å²) in [6.07, 6.45) is -1.77. The topological polar surface area (TPSA) is 78.7 Å². The van der Waals surface area contributed by atoms with Gasteiger partial charge < -0.3 is 0 Å². The highest BCUT2D eigenvalue weighted by Gasteiger charge is 2.29. The number of aromatic nitrogens is 2. The predicted molar refractivity (Wildman–Crippen MR) is 110 cm³/mol. The molecule has 0 aliphatic rings. The molecule has 0 spiro atoms. The highest BCUT2D eigenvalue weighted by molar-refractivity contribution is 8.00. The number of nitriles is 1. The number of nitrogens with one attached hydrogen (secondary N) is 1. The molecule has 2 aromatic carbocycles. The number of alkyl halides is 3. The number of thioether (sulfide) groups is 1. The fourth-order valence-corrected chi connectivity index (χ4v) is 3.95. The number of amides is 1. The molecule has 1 aromatic heterocycles. The zero-order chi connectivity index (χ0) is 21.6. The molecule has 1 N–H and O–H groups in total. The third-order valence-electron chi connectivity index (χ3n) is 3.75. The van der Waals surface area contributed by atoms with Gasteiger partial charge in [-0.3, -0.25) is 10.1 Å². The smallest absolute Gasteiger partial charge is 0.297 e. The SMILES string of the molecule is N#Cc1ccc(CSc2nnc(NC(=O)/C=C/c3ccc(C(F)(F)F)cc3)s2)cc1. The summed E-state index contributed by atoms with van der Waals surface area (Å²) in [4.78, 5) is 12.0. The van der Waals surface area contributed by atoms with E-state index in [0.29, 0.717) is 26.4 Å². The van der Waals surface area contributed by atoms with Crippen molar-refractivity contribution in [1.29, 1.82) is 5.26 Å². The monoisotopic (exact) mass is 446 g/mol. The van der Waals surface area contributed by atoms with Crippen molar-refractivity contribution in [3.05, 3.63) is 76.9 Å². The summed E-state index contributed by atoms with van der Waals surface area (Å²) in [7, 11) is 0. The van der Waals surface area contributed by atoms with E-state index in [0.717, 1.165) is 17.7 Å². The maximum atomic E-state index is 12.6. The van der Waals surface area contributed by atoms with Gasteiger partial charge in [0.05, 0.1) is 17.2 Å². The first-order chi connectivity index (χ1) is 14.3. The molecule has 0 bridgehead atoms. The lowest BCUT2D eigenvalue weighted by molar-refractivity contribution is -0.137. The molecule has 30 heavy (non-hydrogen) atoms. The van der Waals surface area contributed by atoms with Crippen molar-refractivity contribution >= 4 is 40.2 Å². The third kappa shape index (κ3) is 6.17. The van der Waals surface area contributed by atoms with Gasteiger partial charge >= 0.3 is 6.18 Å². The third-order valence-corrected chi connectivity index (χ3v) is 5.79. The molecule has 1 amide bonds. The molecule has 5 nitrogen and oxygen atoms in total. The lowest BCUT2D eigenvalue weighted by Crippen LogP contribution is -2.07. The first kappa shape index (κ1) is 21.5. The van der Waals surface area contributed by atoms with Crippen LogP contribution in [0.2, 0.25) is 0 Å². The maximum Gasteiger partial charge on any atom is 0.416 e. The Kier molecular flexibility index (Phi) is 6.87. The minimum absolute atomic E-state index is 0.319. The molecule has 0 atom stereocenters. The van der Waals surface area contributed by atoms with E-state index in [4.69, 9.17) is 5.26 Å². The van der Waals surface area contributed by atoms with E-state index in [2.05, 4.69) is 21.6 Å². The van der Waals surface area contributed by atoms with Crippen LogP contribution in [-0.2, 0) is 16.7 Å². The van der Waals surface area contributed by atoms with Gasteiger partial charge in [-0.05, 0) is 41.5 Å². The second-order valence-corrected chi connectivity index (χ2v) is 8.11. The Morgan fingerprint density at radius 1 is 1.13 bits per heavy atom. The van der Waals surface area contributed by atoms with Crippen molar-refractivity contribution in [2.24, 2.45) is 0 Å². The number of benzene rings is 2. The first-order valence-electron chi connectivity index (χ1n) is 8.45. The van der Waals surface area contributed by atoms with Crippen molar-refractivity contribution < 1.29 is 18.0 Å². The van der Waals surface area contributed by atoms with Gasteiger partial charge in [0, 0.05) is 11.8 Å². The summed E-state index contributed by atoms with van der Waals surface area (Å²) in [6.45, 7) is 0. The Balaban J connectivity index is 1.51. The minimum atomic E-state index is -4.40. The number of rotatable bonds is 6. The molecule has 3 aromatic rings. The van der Waals surface area contributed by atoms with Crippen LogP contribution in [0.4, 0.5) is 18.3 Å². The van der Waals surface area contributed by atoms with Crippen LogP contribution in [-0.4, -0.2) is 16.1 Å². The van der Waals surface area contributed by atoms with Crippen molar-refractivity contribution in [2.45, 2.75) is 16.3 Å². The molecular formula is C20H13F3N4OS2. The standard InChI is InChI=1S/C20H13F3N4OS2/c21-20(22,23)16-8-5-13(6-9-16)7-10-17(28)25-18-26-27-19(30-18)29-12-15-3-1-14(11-24)2-4-15/h1-10H,12H2,(H,25,26,28)/b10-7+. The zero-order valence-corrected chi connectivity index (χ0v) is 16.8. The van der Waals surface area contributed by atoms with Crippen molar-refractivity contribution in [3.8, 4) is 6.07 Å². The van der Waals surface area contributed by atoms with Gasteiger partial charge in [-0.2, -0.15) is 18.4 Å². The average molecular weight is 446 g/mol. The predicted octanol–water partition coefficient (Wildman–Crippen LogP) is 5.37. The van der Waals surface area contributed by atoms with Gasteiger partial charge in [0.25, 0.3) is 0 Å². The van der Waals surface area contributed by atoms with Crippen LogP contribution in [0, 0.1) is 11.3 Å². The number of halogens is 3. The lowest BCUT2D eigenvalue weighted by Gasteiger charge is -2.05. The molecule has 0 unspecified atom stereocenters. The highest BCUT2D eigenvalue weighted by atomic mass is 32.2. The first-order valence-corrected chi connectivity index (χ1v) is 10.3. The van der Waals surface area contributed by atoms with Crippen LogP contribution in [0.5, 0.6) is 0 Å². The summed E-state index contributed by atoms with van der Waals surface area (Å²) in [6, 6.07) is 13.8. The fraction of sp³-hybridized carbons (Fsp3) is 0.100. The molecule has 3 rings (SSSR count). The van der Waals surface area contributed by atoms with Crippen LogP contribution >= 0.6 is 23.1 Å². The van der Waals surface area contributed by atoms with Crippen LogP contribution in [0.25, 0.3) is 6.08 Å². The Hall–Kier alpha value is -3.16. The molecule has 0 fully saturated rings. The summed E-state index contributed by atoms with van der Waals surface area (Å²) < 4.78 is 38.3. The Morgan fingerprint density at radius 3 is 2.47 bits per heavy atom. The largest absolute Gasteiger partial charge is 0.416 e. The highest BCUT2D eigenvalue weighted by Crippen LogP contribution is 2.30. The van der Waals surface area contributed by atoms with Crippen molar-refractivity contribution in [2.75, 3.05) is 5.32 Å². The number of nitrogens with zero attached hydrogens (tertiary/aromatic N) is 3. The zero-order valence-electron chi connectivity index (χ0n) is 15.2. The maximum absolute atomic E-state index is 12.6. The molecule has 152 valence electrons. The quantitative estimate of drug-likeness (QED) is 0.313. The molecule has 0 saturated carbocycles. The van der Waals surface area contributed by atoms with E-state index in [9.17, 15) is 18.0 Å². The molecule has 0 aliphatic heterocycles. The lowest BCUT2D eigenvalue weighted by atomic mass is 10.1. The number of carbonyl (C=O) groups excluding carboxylic acids is 1. The van der Waals surface area contributed by atoms with Crippen LogP contribution < -0.4 is 5.32 Å². The Bertz CT molecular complexity index is 1080.